The summed E-state index contributed by atoms with van der Waals surface area (Å²) in [6, 6.07) is 21.9. The number of aliphatic hydroxyl groups is 1. The van der Waals surface area contributed by atoms with Crippen LogP contribution in [0.2, 0.25) is 5.02 Å². The molecule has 1 N–H and O–H groups in total. The summed E-state index contributed by atoms with van der Waals surface area (Å²) in [7, 11) is 0. The minimum atomic E-state index is -0.529. The van der Waals surface area contributed by atoms with Gasteiger partial charge in [0.1, 0.15) is 6.61 Å². The molecule has 4 rings (SSSR count). The molecule has 1 heterocycles. The summed E-state index contributed by atoms with van der Waals surface area (Å²) in [5.74, 6) is -0.372. The minimum absolute atomic E-state index is 0.257. The molecular weight excluding hydrogens is 452 g/mol. The van der Waals surface area contributed by atoms with Crippen LogP contribution in [0.15, 0.2) is 88.5 Å². The van der Waals surface area contributed by atoms with Gasteiger partial charge >= 0.3 is 5.69 Å². The van der Waals surface area contributed by atoms with Gasteiger partial charge in [-0.05, 0) is 53.5 Å². The van der Waals surface area contributed by atoms with Crippen LogP contribution < -0.4 is 11.2 Å². The maximum absolute atomic E-state index is 13.4. The predicted octanol–water partition coefficient (Wildman–Crippen LogP) is 3.68. The summed E-state index contributed by atoms with van der Waals surface area (Å²) in [6.07, 6.45) is 3.47. The van der Waals surface area contributed by atoms with Gasteiger partial charge < -0.3 is 5.11 Å². The summed E-state index contributed by atoms with van der Waals surface area (Å²) in [4.78, 5) is 37.8. The molecule has 7 heteroatoms. The lowest BCUT2D eigenvalue weighted by molar-refractivity contribution is -0.117. The molecule has 0 aliphatic rings. The number of carbonyl (C=O) groups excluding carboxylic acids is 1. The first-order valence-corrected chi connectivity index (χ1v) is 11.2. The van der Waals surface area contributed by atoms with Gasteiger partial charge in [-0.25, -0.2) is 4.79 Å². The van der Waals surface area contributed by atoms with E-state index in [1.54, 1.807) is 41.0 Å². The number of aryl methyl sites for hydroxylation is 1. The molecule has 0 spiro atoms. The zero-order chi connectivity index (χ0) is 24.1. The maximum atomic E-state index is 13.4. The van der Waals surface area contributed by atoms with Crippen molar-refractivity contribution >= 4 is 34.4 Å². The molecule has 0 bridgehead atoms. The molecule has 0 amide bonds. The van der Waals surface area contributed by atoms with Crippen molar-refractivity contribution in [3.05, 3.63) is 121 Å². The number of hydrogen-bond donors (Lipinski definition) is 1. The molecule has 0 unspecified atom stereocenters. The second kappa shape index (κ2) is 10.5. The third-order valence-electron chi connectivity index (χ3n) is 5.61. The van der Waals surface area contributed by atoms with Crippen molar-refractivity contribution < 1.29 is 9.90 Å². The van der Waals surface area contributed by atoms with Crippen molar-refractivity contribution in [2.45, 2.75) is 19.5 Å². The van der Waals surface area contributed by atoms with Crippen LogP contribution >= 0.6 is 11.6 Å². The average molecular weight is 475 g/mol. The Labute approximate surface area is 201 Å². The fraction of sp³-hybridized carbons (Fsp3) is 0.148. The Morgan fingerprint density at radius 2 is 1.56 bits per heavy atom. The zero-order valence-electron chi connectivity index (χ0n) is 18.4. The molecule has 4 aromatic rings. The highest BCUT2D eigenvalue weighted by atomic mass is 35.5. The topological polar surface area (TPSA) is 81.3 Å². The summed E-state index contributed by atoms with van der Waals surface area (Å²) in [6.45, 7) is 0.0190. The molecule has 0 radical (unpaired) electrons. The first-order valence-electron chi connectivity index (χ1n) is 10.8. The molecule has 172 valence electrons. The van der Waals surface area contributed by atoms with E-state index < -0.39 is 6.61 Å². The largest absolute Gasteiger partial charge is 0.388 e. The average Bonchev–Trinajstić information content (AvgIpc) is 2.86. The van der Waals surface area contributed by atoms with Gasteiger partial charge in [-0.15, -0.1) is 0 Å². The van der Waals surface area contributed by atoms with Gasteiger partial charge in [0.2, 0.25) is 0 Å². The number of para-hydroxylation sites is 1. The quantitative estimate of drug-likeness (QED) is 0.395. The van der Waals surface area contributed by atoms with Gasteiger partial charge in [-0.3, -0.25) is 18.7 Å². The second-order valence-electron chi connectivity index (χ2n) is 7.92. The van der Waals surface area contributed by atoms with Crippen LogP contribution in [0.25, 0.3) is 17.0 Å². The van der Waals surface area contributed by atoms with Crippen LogP contribution in [0, 0.1) is 0 Å². The number of carbonyl (C=O) groups is 1. The zero-order valence-corrected chi connectivity index (χ0v) is 19.1. The van der Waals surface area contributed by atoms with Crippen molar-refractivity contribution in [2.75, 3.05) is 6.61 Å². The number of rotatable bonds is 8. The van der Waals surface area contributed by atoms with E-state index in [2.05, 4.69) is 0 Å². The van der Waals surface area contributed by atoms with Crippen LogP contribution in [-0.4, -0.2) is 26.6 Å². The van der Waals surface area contributed by atoms with E-state index in [9.17, 15) is 14.4 Å². The molecule has 0 saturated heterocycles. The van der Waals surface area contributed by atoms with Crippen molar-refractivity contribution in [1.82, 2.24) is 9.13 Å². The lowest BCUT2D eigenvalue weighted by Gasteiger charge is -2.14. The van der Waals surface area contributed by atoms with Crippen molar-refractivity contribution in [1.29, 1.82) is 0 Å². The Bertz CT molecular complexity index is 1470. The maximum Gasteiger partial charge on any atom is 0.331 e. The second-order valence-corrected chi connectivity index (χ2v) is 8.35. The summed E-state index contributed by atoms with van der Waals surface area (Å²) in [5.41, 5.74) is 2.57. The molecule has 0 aliphatic carbocycles. The van der Waals surface area contributed by atoms with E-state index in [1.807, 2.05) is 42.5 Å². The smallest absolute Gasteiger partial charge is 0.331 e. The molecule has 1 aromatic heterocycles. The van der Waals surface area contributed by atoms with Crippen LogP contribution in [-0.2, 0) is 24.3 Å². The first-order chi connectivity index (χ1) is 16.5. The van der Waals surface area contributed by atoms with E-state index >= 15 is 0 Å². The third kappa shape index (κ3) is 5.25. The molecule has 3 aromatic carbocycles. The predicted molar refractivity (Wildman–Crippen MR) is 134 cm³/mol. The van der Waals surface area contributed by atoms with E-state index in [-0.39, 0.29) is 23.6 Å². The number of benzene rings is 3. The number of hydrogen-bond acceptors (Lipinski definition) is 4. The van der Waals surface area contributed by atoms with E-state index in [0.29, 0.717) is 28.9 Å². The highest BCUT2D eigenvalue weighted by Crippen LogP contribution is 2.13. The summed E-state index contributed by atoms with van der Waals surface area (Å²) >= 11 is 5.95. The fourth-order valence-electron chi connectivity index (χ4n) is 3.77. The number of aliphatic hydroxyl groups excluding tert-OH is 1. The SMILES string of the molecule is O=C(/C=C/c1ccc(Cn2c(=O)n(CCc3ccc(Cl)cc3)c(=O)c3ccccc32)cc1)CO. The minimum Gasteiger partial charge on any atom is -0.388 e. The molecular formula is C27H23ClN2O4. The first kappa shape index (κ1) is 23.4. The van der Waals surface area contributed by atoms with E-state index in [1.165, 1.54) is 10.6 Å². The van der Waals surface area contributed by atoms with Gasteiger partial charge in [-0.2, -0.15) is 0 Å². The summed E-state index contributed by atoms with van der Waals surface area (Å²) in [5, 5.41) is 9.95. The molecule has 0 fully saturated rings. The fourth-order valence-corrected chi connectivity index (χ4v) is 3.90. The molecule has 34 heavy (non-hydrogen) atoms. The Hall–Kier alpha value is -3.74. The molecule has 0 saturated carbocycles. The standard InChI is InChI=1S/C27H23ClN2O4/c28-22-12-9-20(10-13-22)15-16-29-26(33)24-3-1-2-4-25(24)30(27(29)34)17-21-7-5-19(6-8-21)11-14-23(32)18-31/h1-14,31H,15-18H2/b14-11+. The molecule has 6 nitrogen and oxygen atoms in total. The van der Waals surface area contributed by atoms with Crippen molar-refractivity contribution in [3.63, 3.8) is 0 Å². The highest BCUT2D eigenvalue weighted by molar-refractivity contribution is 6.30. The van der Waals surface area contributed by atoms with Gasteiger partial charge in [0.25, 0.3) is 5.56 Å². The van der Waals surface area contributed by atoms with Gasteiger partial charge in [-0.1, -0.05) is 66.2 Å². The van der Waals surface area contributed by atoms with Crippen molar-refractivity contribution in [2.24, 2.45) is 0 Å². The van der Waals surface area contributed by atoms with Crippen LogP contribution in [0.1, 0.15) is 16.7 Å². The van der Waals surface area contributed by atoms with Crippen molar-refractivity contribution in [3.8, 4) is 0 Å². The number of aromatic nitrogens is 2. The van der Waals surface area contributed by atoms with Crippen LogP contribution in [0.5, 0.6) is 0 Å². The monoisotopic (exact) mass is 474 g/mol. The Morgan fingerprint density at radius 1 is 0.882 bits per heavy atom. The summed E-state index contributed by atoms with van der Waals surface area (Å²) < 4.78 is 2.90. The molecule has 0 aliphatic heterocycles. The van der Waals surface area contributed by atoms with Crippen LogP contribution in [0.3, 0.4) is 0 Å². The Morgan fingerprint density at radius 3 is 2.26 bits per heavy atom. The number of nitrogens with zero attached hydrogens (tertiary/aromatic N) is 2. The van der Waals surface area contributed by atoms with Gasteiger partial charge in [0.15, 0.2) is 5.78 Å². The Kier molecular flexibility index (Phi) is 7.21. The highest BCUT2D eigenvalue weighted by Gasteiger charge is 2.13. The number of fused-ring (bicyclic) bond motifs is 1. The Balaban J connectivity index is 1.67. The lowest BCUT2D eigenvalue weighted by Crippen LogP contribution is -2.40. The van der Waals surface area contributed by atoms with E-state index in [4.69, 9.17) is 16.7 Å². The number of ketones is 1. The lowest BCUT2D eigenvalue weighted by atomic mass is 10.1. The number of halogens is 1. The normalized spacial score (nSPS) is 11.4. The van der Waals surface area contributed by atoms with Gasteiger partial charge in [0.05, 0.1) is 17.4 Å². The van der Waals surface area contributed by atoms with Crippen LogP contribution in [0.4, 0.5) is 0 Å². The van der Waals surface area contributed by atoms with Gasteiger partial charge in [0, 0.05) is 11.6 Å². The van der Waals surface area contributed by atoms with E-state index in [0.717, 1.165) is 16.7 Å². The molecule has 0 atom stereocenters. The third-order valence-corrected chi connectivity index (χ3v) is 5.86.